The van der Waals surface area contributed by atoms with Crippen LogP contribution in [0.4, 0.5) is 15.8 Å². The number of hydrogen-bond acceptors (Lipinski definition) is 2. The van der Waals surface area contributed by atoms with Crippen LogP contribution in [0.1, 0.15) is 27.6 Å². The molecule has 27 heavy (non-hydrogen) atoms. The molecule has 3 aromatic carbocycles. The van der Waals surface area contributed by atoms with Crippen molar-refractivity contribution in [3.63, 3.8) is 0 Å². The van der Waals surface area contributed by atoms with Crippen LogP contribution in [0.15, 0.2) is 78.9 Å². The minimum Gasteiger partial charge on any atom is -0.322 e. The lowest BCUT2D eigenvalue weighted by Crippen LogP contribution is -2.30. The molecule has 0 bridgehead atoms. The van der Waals surface area contributed by atoms with Crippen LogP contribution < -0.4 is 10.2 Å². The number of carbonyl (C=O) groups is 2. The smallest absolute Gasteiger partial charge is 0.258 e. The first-order chi connectivity index (χ1) is 13.1. The molecule has 0 fully saturated rings. The summed E-state index contributed by atoms with van der Waals surface area (Å²) in [5.41, 5.74) is 2.12. The van der Waals surface area contributed by atoms with Crippen molar-refractivity contribution in [2.75, 3.05) is 16.8 Å². The molecule has 0 radical (unpaired) electrons. The van der Waals surface area contributed by atoms with E-state index in [-0.39, 0.29) is 11.8 Å². The molecule has 0 unspecified atom stereocenters. The van der Waals surface area contributed by atoms with Gasteiger partial charge in [-0.3, -0.25) is 9.59 Å². The van der Waals surface area contributed by atoms with Crippen LogP contribution >= 0.6 is 0 Å². The number of rotatable bonds is 5. The van der Waals surface area contributed by atoms with Gasteiger partial charge in [-0.25, -0.2) is 4.39 Å². The first kappa shape index (κ1) is 18.3. The van der Waals surface area contributed by atoms with E-state index in [4.69, 9.17) is 0 Å². The number of benzene rings is 3. The molecule has 0 heterocycles. The summed E-state index contributed by atoms with van der Waals surface area (Å²) >= 11 is 0. The number of anilines is 2. The van der Waals surface area contributed by atoms with E-state index < -0.39 is 5.82 Å². The van der Waals surface area contributed by atoms with Crippen LogP contribution in [0.2, 0.25) is 0 Å². The molecule has 5 heteroatoms. The van der Waals surface area contributed by atoms with E-state index in [1.165, 1.54) is 24.3 Å². The SMILES string of the molecule is CCN(C(=O)c1cccc(NC(=O)c2ccc(F)cc2)c1)c1ccccc1. The van der Waals surface area contributed by atoms with Gasteiger partial charge in [0.2, 0.25) is 0 Å². The third-order valence-electron chi connectivity index (χ3n) is 4.10. The van der Waals surface area contributed by atoms with Gasteiger partial charge in [-0.15, -0.1) is 0 Å². The predicted octanol–water partition coefficient (Wildman–Crippen LogP) is 4.74. The van der Waals surface area contributed by atoms with E-state index in [2.05, 4.69) is 5.32 Å². The van der Waals surface area contributed by atoms with Crippen LogP contribution in [0.5, 0.6) is 0 Å². The monoisotopic (exact) mass is 362 g/mol. The minimum absolute atomic E-state index is 0.151. The van der Waals surface area contributed by atoms with Crippen LogP contribution in [0.3, 0.4) is 0 Å². The van der Waals surface area contributed by atoms with Gasteiger partial charge in [-0.2, -0.15) is 0 Å². The quantitative estimate of drug-likeness (QED) is 0.712. The number of carbonyl (C=O) groups excluding carboxylic acids is 2. The highest BCUT2D eigenvalue weighted by Crippen LogP contribution is 2.19. The normalized spacial score (nSPS) is 10.3. The van der Waals surface area contributed by atoms with E-state index >= 15 is 0 Å². The van der Waals surface area contributed by atoms with Crippen LogP contribution in [-0.4, -0.2) is 18.4 Å². The molecule has 136 valence electrons. The van der Waals surface area contributed by atoms with Crippen molar-refractivity contribution in [1.82, 2.24) is 0 Å². The number of para-hydroxylation sites is 1. The Morgan fingerprint density at radius 1 is 0.889 bits per heavy atom. The van der Waals surface area contributed by atoms with E-state index in [1.54, 1.807) is 29.2 Å². The lowest BCUT2D eigenvalue weighted by Gasteiger charge is -2.21. The zero-order valence-electron chi connectivity index (χ0n) is 14.9. The van der Waals surface area contributed by atoms with E-state index in [0.717, 1.165) is 5.69 Å². The number of nitrogens with zero attached hydrogens (tertiary/aromatic N) is 1. The summed E-state index contributed by atoms with van der Waals surface area (Å²) < 4.78 is 13.0. The fraction of sp³-hybridized carbons (Fsp3) is 0.0909. The topological polar surface area (TPSA) is 49.4 Å². The molecule has 1 N–H and O–H groups in total. The Labute approximate surface area is 157 Å². The van der Waals surface area contributed by atoms with Crippen LogP contribution in [-0.2, 0) is 0 Å². The largest absolute Gasteiger partial charge is 0.322 e. The lowest BCUT2D eigenvalue weighted by molar-refractivity contribution is 0.0985. The highest BCUT2D eigenvalue weighted by atomic mass is 19.1. The van der Waals surface area contributed by atoms with Crippen LogP contribution in [0, 0.1) is 5.82 Å². The van der Waals surface area contributed by atoms with Gasteiger partial charge in [-0.1, -0.05) is 24.3 Å². The summed E-state index contributed by atoms with van der Waals surface area (Å²) in [6.07, 6.45) is 0. The Hall–Kier alpha value is -3.47. The Kier molecular flexibility index (Phi) is 5.61. The Morgan fingerprint density at radius 3 is 2.26 bits per heavy atom. The summed E-state index contributed by atoms with van der Waals surface area (Å²) in [6, 6.07) is 21.5. The van der Waals surface area contributed by atoms with E-state index in [1.807, 2.05) is 37.3 Å². The van der Waals surface area contributed by atoms with Gasteiger partial charge >= 0.3 is 0 Å². The summed E-state index contributed by atoms with van der Waals surface area (Å²) in [5, 5.41) is 2.74. The molecule has 0 saturated carbocycles. The van der Waals surface area contributed by atoms with Crippen molar-refractivity contribution in [3.05, 3.63) is 95.8 Å². The predicted molar refractivity (Wildman–Crippen MR) is 105 cm³/mol. The number of amides is 2. The van der Waals surface area contributed by atoms with Crippen molar-refractivity contribution in [2.45, 2.75) is 6.92 Å². The molecule has 0 atom stereocenters. The van der Waals surface area contributed by atoms with E-state index in [0.29, 0.717) is 23.4 Å². The second kappa shape index (κ2) is 8.27. The maximum atomic E-state index is 13.0. The minimum atomic E-state index is -0.403. The summed E-state index contributed by atoms with van der Waals surface area (Å²) in [4.78, 5) is 26.9. The molecular weight excluding hydrogens is 343 g/mol. The standard InChI is InChI=1S/C22H19FN2O2/c1-2-25(20-9-4-3-5-10-20)22(27)17-7-6-8-19(15-17)24-21(26)16-11-13-18(23)14-12-16/h3-15H,2H2,1H3,(H,24,26). The second-order valence-electron chi connectivity index (χ2n) is 5.93. The molecule has 0 aliphatic rings. The van der Waals surface area contributed by atoms with Crippen molar-refractivity contribution < 1.29 is 14.0 Å². The van der Waals surface area contributed by atoms with Gasteiger partial charge in [0.1, 0.15) is 5.82 Å². The molecule has 2 amide bonds. The Morgan fingerprint density at radius 2 is 1.59 bits per heavy atom. The van der Waals surface area contributed by atoms with Crippen LogP contribution in [0.25, 0.3) is 0 Å². The summed E-state index contributed by atoms with van der Waals surface area (Å²) in [6.45, 7) is 2.43. The number of halogens is 1. The van der Waals surface area contributed by atoms with Crippen molar-refractivity contribution in [1.29, 1.82) is 0 Å². The average molecular weight is 362 g/mol. The van der Waals surface area contributed by atoms with Gasteiger partial charge in [-0.05, 0) is 61.5 Å². The average Bonchev–Trinajstić information content (AvgIpc) is 2.70. The summed E-state index contributed by atoms with van der Waals surface area (Å²) in [7, 11) is 0. The zero-order chi connectivity index (χ0) is 19.2. The molecule has 0 spiro atoms. The van der Waals surface area contributed by atoms with Crippen molar-refractivity contribution >= 4 is 23.2 Å². The van der Waals surface area contributed by atoms with Crippen molar-refractivity contribution in [2.24, 2.45) is 0 Å². The lowest BCUT2D eigenvalue weighted by atomic mass is 10.1. The van der Waals surface area contributed by atoms with Crippen molar-refractivity contribution in [3.8, 4) is 0 Å². The maximum Gasteiger partial charge on any atom is 0.258 e. The first-order valence-electron chi connectivity index (χ1n) is 8.62. The fourth-order valence-corrected chi connectivity index (χ4v) is 2.74. The molecule has 3 rings (SSSR count). The molecule has 0 aromatic heterocycles. The number of nitrogens with one attached hydrogen (secondary N) is 1. The number of hydrogen-bond donors (Lipinski definition) is 1. The van der Waals surface area contributed by atoms with Gasteiger partial charge in [0.25, 0.3) is 11.8 Å². The second-order valence-corrected chi connectivity index (χ2v) is 5.93. The molecule has 0 aliphatic carbocycles. The van der Waals surface area contributed by atoms with Gasteiger partial charge in [0.05, 0.1) is 0 Å². The summed E-state index contributed by atoms with van der Waals surface area (Å²) in [5.74, 6) is -0.920. The highest BCUT2D eigenvalue weighted by molar-refractivity contribution is 6.08. The molecule has 4 nitrogen and oxygen atoms in total. The fourth-order valence-electron chi connectivity index (χ4n) is 2.74. The third-order valence-corrected chi connectivity index (χ3v) is 4.10. The Balaban J connectivity index is 1.79. The Bertz CT molecular complexity index is 940. The van der Waals surface area contributed by atoms with E-state index in [9.17, 15) is 14.0 Å². The molecular formula is C22H19FN2O2. The highest BCUT2D eigenvalue weighted by Gasteiger charge is 2.16. The zero-order valence-corrected chi connectivity index (χ0v) is 14.9. The van der Waals surface area contributed by atoms with Gasteiger partial charge < -0.3 is 10.2 Å². The molecule has 0 aliphatic heterocycles. The molecule has 0 saturated heterocycles. The first-order valence-corrected chi connectivity index (χ1v) is 8.62. The third kappa shape index (κ3) is 4.39. The van der Waals surface area contributed by atoms with Gasteiger partial charge in [0, 0.05) is 29.0 Å². The maximum absolute atomic E-state index is 13.0. The van der Waals surface area contributed by atoms with Gasteiger partial charge in [0.15, 0.2) is 0 Å². The molecule has 3 aromatic rings.